The van der Waals surface area contributed by atoms with Gasteiger partial charge in [0, 0.05) is 18.3 Å². The third kappa shape index (κ3) is 4.04. The molecule has 0 saturated carbocycles. The molecule has 0 bridgehead atoms. The molecule has 7 heteroatoms. The molecule has 0 radical (unpaired) electrons. The third-order valence-corrected chi connectivity index (χ3v) is 3.41. The minimum atomic E-state index is -2.95. The van der Waals surface area contributed by atoms with Gasteiger partial charge in [-0.1, -0.05) is 0 Å². The van der Waals surface area contributed by atoms with Crippen LogP contribution in [0.25, 0.3) is 0 Å². The molecule has 0 aromatic heterocycles. The molecule has 1 aliphatic heterocycles. The Balaban J connectivity index is 2.07. The Hall–Kier alpha value is -1.89. The van der Waals surface area contributed by atoms with E-state index in [9.17, 15) is 13.6 Å². The van der Waals surface area contributed by atoms with Gasteiger partial charge < -0.3 is 19.7 Å². The number of ether oxygens (including phenoxy) is 2. The van der Waals surface area contributed by atoms with E-state index in [1.54, 1.807) is 6.07 Å². The fraction of sp³-hybridized carbons (Fsp3) is 0.500. The summed E-state index contributed by atoms with van der Waals surface area (Å²) in [7, 11) is 3.32. The summed E-state index contributed by atoms with van der Waals surface area (Å²) in [5.41, 5.74) is 0.408. The number of likely N-dealkylation sites (tertiary alicyclic amines) is 1. The average Bonchev–Trinajstić information content (AvgIpc) is 2.85. The van der Waals surface area contributed by atoms with Crippen molar-refractivity contribution in [2.45, 2.75) is 13.0 Å². The van der Waals surface area contributed by atoms with Gasteiger partial charge in [-0.25, -0.2) is 0 Å². The summed E-state index contributed by atoms with van der Waals surface area (Å²) in [5, 5.41) is 2.72. The molecule has 21 heavy (non-hydrogen) atoms. The number of carbonyl (C=O) groups is 1. The second-order valence-corrected chi connectivity index (χ2v) is 4.98. The molecule has 1 aromatic rings. The van der Waals surface area contributed by atoms with Gasteiger partial charge >= 0.3 is 6.61 Å². The molecule has 116 valence electrons. The van der Waals surface area contributed by atoms with Crippen LogP contribution < -0.4 is 14.8 Å². The molecule has 1 amide bonds. The maximum atomic E-state index is 12.3. The van der Waals surface area contributed by atoms with Crippen molar-refractivity contribution in [2.75, 3.05) is 32.6 Å². The maximum absolute atomic E-state index is 12.3. The first-order valence-electron chi connectivity index (χ1n) is 6.62. The molecular weight excluding hydrogens is 282 g/mol. The Morgan fingerprint density at radius 1 is 1.43 bits per heavy atom. The Labute approximate surface area is 121 Å². The van der Waals surface area contributed by atoms with Crippen molar-refractivity contribution in [3.8, 4) is 11.5 Å². The zero-order valence-corrected chi connectivity index (χ0v) is 11.9. The van der Waals surface area contributed by atoms with Gasteiger partial charge in [-0.15, -0.1) is 0 Å². The number of halogens is 2. The van der Waals surface area contributed by atoms with Gasteiger partial charge in [0.05, 0.1) is 13.0 Å². The number of hydrogen-bond acceptors (Lipinski definition) is 4. The normalized spacial score (nSPS) is 18.8. The van der Waals surface area contributed by atoms with Gasteiger partial charge in [-0.05, 0) is 32.1 Å². The van der Waals surface area contributed by atoms with Gasteiger partial charge in [-0.3, -0.25) is 4.79 Å². The minimum absolute atomic E-state index is 0.0865. The van der Waals surface area contributed by atoms with Crippen LogP contribution >= 0.6 is 0 Å². The van der Waals surface area contributed by atoms with Crippen LogP contribution in [0, 0.1) is 5.92 Å². The molecule has 0 spiro atoms. The number of nitrogens with one attached hydrogen (secondary N) is 1. The number of carbonyl (C=O) groups excluding carboxylic acids is 1. The quantitative estimate of drug-likeness (QED) is 0.905. The second-order valence-electron chi connectivity index (χ2n) is 4.98. The van der Waals surface area contributed by atoms with E-state index in [1.165, 1.54) is 19.2 Å². The first-order chi connectivity index (χ1) is 9.99. The number of rotatable bonds is 5. The summed E-state index contributed by atoms with van der Waals surface area (Å²) in [4.78, 5) is 14.2. The number of methoxy groups -OCH3 is 1. The number of amides is 1. The van der Waals surface area contributed by atoms with Crippen molar-refractivity contribution in [2.24, 2.45) is 5.92 Å². The smallest absolute Gasteiger partial charge is 0.387 e. The van der Waals surface area contributed by atoms with Crippen LogP contribution in [-0.2, 0) is 4.79 Å². The lowest BCUT2D eigenvalue weighted by Crippen LogP contribution is -2.25. The maximum Gasteiger partial charge on any atom is 0.387 e. The zero-order valence-electron chi connectivity index (χ0n) is 11.9. The van der Waals surface area contributed by atoms with Crippen molar-refractivity contribution in [1.29, 1.82) is 0 Å². The number of hydrogen-bond donors (Lipinski definition) is 1. The van der Waals surface area contributed by atoms with E-state index < -0.39 is 6.61 Å². The summed E-state index contributed by atoms with van der Waals surface area (Å²) in [6.45, 7) is -1.38. The van der Waals surface area contributed by atoms with Gasteiger partial charge in [-0.2, -0.15) is 8.78 Å². The van der Waals surface area contributed by atoms with Crippen LogP contribution in [0.4, 0.5) is 14.5 Å². The highest BCUT2D eigenvalue weighted by Gasteiger charge is 2.26. The van der Waals surface area contributed by atoms with Crippen LogP contribution in [-0.4, -0.2) is 44.7 Å². The molecule has 1 aliphatic rings. The highest BCUT2D eigenvalue weighted by Crippen LogP contribution is 2.31. The third-order valence-electron chi connectivity index (χ3n) is 3.41. The summed E-state index contributed by atoms with van der Waals surface area (Å²) in [5.74, 6) is -0.119. The monoisotopic (exact) mass is 300 g/mol. The molecule has 1 aromatic carbocycles. The SMILES string of the molecule is COc1ccc(NC(=O)C2CCN(C)C2)cc1OC(F)F. The highest BCUT2D eigenvalue weighted by molar-refractivity contribution is 5.93. The lowest BCUT2D eigenvalue weighted by Gasteiger charge is -2.14. The Morgan fingerprint density at radius 2 is 2.19 bits per heavy atom. The highest BCUT2D eigenvalue weighted by atomic mass is 19.3. The lowest BCUT2D eigenvalue weighted by molar-refractivity contribution is -0.119. The number of benzene rings is 1. The largest absolute Gasteiger partial charge is 0.493 e. The van der Waals surface area contributed by atoms with Gasteiger partial charge in [0.25, 0.3) is 0 Å². The van der Waals surface area contributed by atoms with Crippen molar-refractivity contribution in [3.05, 3.63) is 18.2 Å². The van der Waals surface area contributed by atoms with E-state index in [0.29, 0.717) is 12.2 Å². The molecule has 0 aliphatic carbocycles. The van der Waals surface area contributed by atoms with Gasteiger partial charge in [0.15, 0.2) is 11.5 Å². The molecule has 1 fully saturated rings. The molecular formula is C14H18F2N2O3. The molecule has 5 nitrogen and oxygen atoms in total. The Morgan fingerprint density at radius 3 is 2.76 bits per heavy atom. The minimum Gasteiger partial charge on any atom is -0.493 e. The van der Waals surface area contributed by atoms with E-state index >= 15 is 0 Å². The predicted octanol–water partition coefficient (Wildman–Crippen LogP) is 2.19. The van der Waals surface area contributed by atoms with E-state index in [2.05, 4.69) is 15.0 Å². The van der Waals surface area contributed by atoms with Crippen molar-refractivity contribution >= 4 is 11.6 Å². The first kappa shape index (κ1) is 15.5. The van der Waals surface area contributed by atoms with Crippen LogP contribution in [0.1, 0.15) is 6.42 Å². The van der Waals surface area contributed by atoms with Crippen molar-refractivity contribution in [3.63, 3.8) is 0 Å². The van der Waals surface area contributed by atoms with Crippen LogP contribution in [0.2, 0.25) is 0 Å². The fourth-order valence-corrected chi connectivity index (χ4v) is 2.34. The average molecular weight is 300 g/mol. The molecule has 1 atom stereocenters. The summed E-state index contributed by atoms with van der Waals surface area (Å²) >= 11 is 0. The van der Waals surface area contributed by atoms with Crippen LogP contribution in [0.15, 0.2) is 18.2 Å². The summed E-state index contributed by atoms with van der Waals surface area (Å²) in [6.07, 6.45) is 0.791. The summed E-state index contributed by atoms with van der Waals surface area (Å²) in [6, 6.07) is 4.41. The number of nitrogens with zero attached hydrogens (tertiary/aromatic N) is 1. The van der Waals surface area contributed by atoms with E-state index in [-0.39, 0.29) is 23.3 Å². The van der Waals surface area contributed by atoms with Gasteiger partial charge in [0.2, 0.25) is 5.91 Å². The topological polar surface area (TPSA) is 50.8 Å². The summed E-state index contributed by atoms with van der Waals surface area (Å²) < 4.78 is 34.0. The number of alkyl halides is 2. The molecule has 1 N–H and O–H groups in total. The number of anilines is 1. The van der Waals surface area contributed by atoms with Crippen LogP contribution in [0.3, 0.4) is 0 Å². The molecule has 1 unspecified atom stereocenters. The van der Waals surface area contributed by atoms with Crippen molar-refractivity contribution < 1.29 is 23.0 Å². The molecule has 1 saturated heterocycles. The molecule has 1 heterocycles. The van der Waals surface area contributed by atoms with Gasteiger partial charge in [0.1, 0.15) is 0 Å². The first-order valence-corrected chi connectivity index (χ1v) is 6.62. The predicted molar refractivity (Wildman–Crippen MR) is 73.9 cm³/mol. The standard InChI is InChI=1S/C14H18F2N2O3/c1-18-6-5-9(8-18)13(19)17-10-3-4-11(20-2)12(7-10)21-14(15)16/h3-4,7,9,14H,5-6,8H2,1-2H3,(H,17,19). The van der Waals surface area contributed by atoms with E-state index in [0.717, 1.165) is 13.0 Å². The lowest BCUT2D eigenvalue weighted by atomic mass is 10.1. The van der Waals surface area contributed by atoms with E-state index in [4.69, 9.17) is 4.74 Å². The van der Waals surface area contributed by atoms with Crippen LogP contribution in [0.5, 0.6) is 11.5 Å². The Kier molecular flexibility index (Phi) is 4.95. The second kappa shape index (κ2) is 6.71. The molecule has 2 rings (SSSR count). The van der Waals surface area contributed by atoms with Crippen molar-refractivity contribution in [1.82, 2.24) is 4.90 Å². The Bertz CT molecular complexity index is 511. The van der Waals surface area contributed by atoms with E-state index in [1.807, 2.05) is 7.05 Å². The zero-order chi connectivity index (χ0) is 15.4. The fourth-order valence-electron chi connectivity index (χ4n) is 2.34.